The Labute approximate surface area is 130 Å². The van der Waals surface area contributed by atoms with Gasteiger partial charge in [0.25, 0.3) is 5.56 Å². The molecule has 2 unspecified atom stereocenters. The Morgan fingerprint density at radius 1 is 1.43 bits per heavy atom. The molecule has 0 saturated carbocycles. The number of carbonyl (C=O) groups excluding carboxylic acids is 1. The van der Waals surface area contributed by atoms with Crippen LogP contribution in [-0.2, 0) is 16.1 Å². The van der Waals surface area contributed by atoms with Crippen LogP contribution in [0.5, 0.6) is 0 Å². The number of pyridine rings is 1. The number of hydrogen-bond donors (Lipinski definition) is 1. The third kappa shape index (κ3) is 3.72. The van der Waals surface area contributed by atoms with Crippen LogP contribution >= 0.6 is 15.9 Å². The van der Waals surface area contributed by atoms with Crippen molar-refractivity contribution in [3.63, 3.8) is 0 Å². The van der Waals surface area contributed by atoms with Gasteiger partial charge in [-0.25, -0.2) is 4.79 Å². The first kappa shape index (κ1) is 15.8. The van der Waals surface area contributed by atoms with Crippen LogP contribution in [0.4, 0.5) is 0 Å². The van der Waals surface area contributed by atoms with Crippen LogP contribution in [0.25, 0.3) is 0 Å². The lowest BCUT2D eigenvalue weighted by molar-refractivity contribution is -0.153. The fourth-order valence-electron chi connectivity index (χ4n) is 2.54. The molecule has 0 aliphatic carbocycles. The highest BCUT2D eigenvalue weighted by Gasteiger charge is 2.34. The average Bonchev–Trinajstić information content (AvgIpc) is 2.42. The molecule has 0 aromatic carbocycles. The quantitative estimate of drug-likeness (QED) is 0.885. The van der Waals surface area contributed by atoms with E-state index in [1.54, 1.807) is 6.07 Å². The Hall–Kier alpha value is -1.63. The molecule has 114 valence electrons. The minimum Gasteiger partial charge on any atom is -0.480 e. The first-order valence-electron chi connectivity index (χ1n) is 6.76. The summed E-state index contributed by atoms with van der Waals surface area (Å²) in [5.74, 6) is -1.05. The average molecular weight is 357 g/mol. The number of halogens is 1. The molecular formula is C14H17BrN2O4. The van der Waals surface area contributed by atoms with Gasteiger partial charge < -0.3 is 14.6 Å². The maximum absolute atomic E-state index is 12.3. The van der Waals surface area contributed by atoms with E-state index in [1.807, 2.05) is 6.92 Å². The second kappa shape index (κ2) is 6.43. The molecule has 1 aromatic heterocycles. The molecule has 2 rings (SSSR count). The predicted octanol–water partition coefficient (Wildman–Crippen LogP) is 1.32. The van der Waals surface area contributed by atoms with Gasteiger partial charge in [-0.15, -0.1) is 0 Å². The molecule has 1 amide bonds. The van der Waals surface area contributed by atoms with Crippen molar-refractivity contribution < 1.29 is 14.7 Å². The molecule has 0 radical (unpaired) electrons. The normalized spacial score (nSPS) is 22.1. The van der Waals surface area contributed by atoms with Gasteiger partial charge in [-0.05, 0) is 40.8 Å². The van der Waals surface area contributed by atoms with Crippen molar-refractivity contribution in [2.75, 3.05) is 6.54 Å². The van der Waals surface area contributed by atoms with Gasteiger partial charge in [-0.3, -0.25) is 9.59 Å². The van der Waals surface area contributed by atoms with Crippen LogP contribution in [-0.4, -0.2) is 39.0 Å². The van der Waals surface area contributed by atoms with Crippen LogP contribution < -0.4 is 5.56 Å². The molecule has 1 fully saturated rings. The molecule has 7 heteroatoms. The van der Waals surface area contributed by atoms with E-state index < -0.39 is 12.0 Å². The van der Waals surface area contributed by atoms with Crippen LogP contribution in [0.3, 0.4) is 0 Å². The summed E-state index contributed by atoms with van der Waals surface area (Å²) in [6.07, 6.45) is 2.76. The number of carbonyl (C=O) groups is 2. The molecular weight excluding hydrogens is 340 g/mol. The number of likely N-dealkylation sites (tertiary alicyclic amines) is 1. The molecule has 0 spiro atoms. The molecule has 1 aromatic rings. The van der Waals surface area contributed by atoms with Crippen molar-refractivity contribution in [3.8, 4) is 0 Å². The fraction of sp³-hybridized carbons (Fsp3) is 0.500. The number of carboxylic acids is 1. The van der Waals surface area contributed by atoms with Gasteiger partial charge in [0.15, 0.2) is 0 Å². The Morgan fingerprint density at radius 3 is 2.81 bits per heavy atom. The van der Waals surface area contributed by atoms with Crippen LogP contribution in [0, 0.1) is 5.92 Å². The number of rotatable bonds is 3. The second-order valence-electron chi connectivity index (χ2n) is 5.38. The van der Waals surface area contributed by atoms with Crippen molar-refractivity contribution >= 4 is 27.8 Å². The Balaban J connectivity index is 2.16. The van der Waals surface area contributed by atoms with Crippen molar-refractivity contribution in [3.05, 3.63) is 33.2 Å². The predicted molar refractivity (Wildman–Crippen MR) is 79.9 cm³/mol. The number of aromatic nitrogens is 1. The smallest absolute Gasteiger partial charge is 0.326 e. The molecule has 1 aliphatic heterocycles. The summed E-state index contributed by atoms with van der Waals surface area (Å²) in [5, 5.41) is 9.27. The van der Waals surface area contributed by atoms with E-state index in [0.29, 0.717) is 17.4 Å². The summed E-state index contributed by atoms with van der Waals surface area (Å²) in [7, 11) is 0. The SMILES string of the molecule is CC1CCN(C(=O)Cn2cc(Br)ccc2=O)C(C(=O)O)C1. The Kier molecular flexibility index (Phi) is 4.82. The number of nitrogens with zero attached hydrogens (tertiary/aromatic N) is 2. The van der Waals surface area contributed by atoms with Crippen molar-refractivity contribution in [2.24, 2.45) is 5.92 Å². The van der Waals surface area contributed by atoms with Gasteiger partial charge in [0.2, 0.25) is 5.91 Å². The van der Waals surface area contributed by atoms with E-state index in [0.717, 1.165) is 6.42 Å². The van der Waals surface area contributed by atoms with Crippen molar-refractivity contribution in [2.45, 2.75) is 32.4 Å². The minimum atomic E-state index is -0.989. The molecule has 6 nitrogen and oxygen atoms in total. The van der Waals surface area contributed by atoms with Gasteiger partial charge in [0, 0.05) is 23.3 Å². The topological polar surface area (TPSA) is 79.6 Å². The maximum atomic E-state index is 12.3. The Bertz CT molecular complexity index is 613. The first-order valence-corrected chi connectivity index (χ1v) is 7.56. The third-order valence-electron chi connectivity index (χ3n) is 3.72. The minimum absolute atomic E-state index is 0.142. The summed E-state index contributed by atoms with van der Waals surface area (Å²) < 4.78 is 1.97. The molecule has 2 atom stereocenters. The van der Waals surface area contributed by atoms with Gasteiger partial charge in [-0.1, -0.05) is 6.92 Å². The number of hydrogen-bond acceptors (Lipinski definition) is 3. The molecule has 21 heavy (non-hydrogen) atoms. The number of aliphatic carboxylic acids is 1. The molecule has 1 N–H and O–H groups in total. The van der Waals surface area contributed by atoms with Crippen LogP contribution in [0.1, 0.15) is 19.8 Å². The lowest BCUT2D eigenvalue weighted by atomic mass is 9.92. The van der Waals surface area contributed by atoms with E-state index in [2.05, 4.69) is 15.9 Å². The highest BCUT2D eigenvalue weighted by Crippen LogP contribution is 2.23. The van der Waals surface area contributed by atoms with Crippen molar-refractivity contribution in [1.29, 1.82) is 0 Å². The Morgan fingerprint density at radius 2 is 2.14 bits per heavy atom. The van der Waals surface area contributed by atoms with Crippen LogP contribution in [0.15, 0.2) is 27.6 Å². The standard InChI is InChI=1S/C14H17BrN2O4/c1-9-4-5-17(11(6-9)14(20)21)13(19)8-16-7-10(15)2-3-12(16)18/h2-3,7,9,11H,4-6,8H2,1H3,(H,20,21). The van der Waals surface area contributed by atoms with Gasteiger partial charge in [-0.2, -0.15) is 0 Å². The maximum Gasteiger partial charge on any atom is 0.326 e. The second-order valence-corrected chi connectivity index (χ2v) is 6.30. The van der Waals surface area contributed by atoms with E-state index in [9.17, 15) is 19.5 Å². The van der Waals surface area contributed by atoms with Gasteiger partial charge in [0.05, 0.1) is 0 Å². The van der Waals surface area contributed by atoms with E-state index in [1.165, 1.54) is 21.7 Å². The lowest BCUT2D eigenvalue weighted by Gasteiger charge is -2.36. The van der Waals surface area contributed by atoms with Crippen LogP contribution in [0.2, 0.25) is 0 Å². The molecule has 1 saturated heterocycles. The summed E-state index contributed by atoms with van der Waals surface area (Å²) in [5.41, 5.74) is -0.288. The number of amides is 1. The zero-order valence-corrected chi connectivity index (χ0v) is 13.2. The summed E-state index contributed by atoms with van der Waals surface area (Å²) in [6, 6.07) is 2.17. The van der Waals surface area contributed by atoms with Crippen molar-refractivity contribution in [1.82, 2.24) is 9.47 Å². The molecule has 2 heterocycles. The lowest BCUT2D eigenvalue weighted by Crippen LogP contribution is -2.51. The highest BCUT2D eigenvalue weighted by molar-refractivity contribution is 9.10. The van der Waals surface area contributed by atoms with E-state index in [4.69, 9.17) is 0 Å². The largest absolute Gasteiger partial charge is 0.480 e. The zero-order chi connectivity index (χ0) is 15.6. The number of piperidine rings is 1. The van der Waals surface area contributed by atoms with E-state index >= 15 is 0 Å². The molecule has 1 aliphatic rings. The first-order chi connectivity index (χ1) is 9.88. The zero-order valence-electron chi connectivity index (χ0n) is 11.7. The summed E-state index contributed by atoms with van der Waals surface area (Å²) in [4.78, 5) is 36.7. The molecule has 0 bridgehead atoms. The summed E-state index contributed by atoms with van der Waals surface area (Å²) >= 11 is 3.25. The number of carboxylic acid groups (broad SMARTS) is 1. The summed E-state index contributed by atoms with van der Waals surface area (Å²) in [6.45, 7) is 2.26. The monoisotopic (exact) mass is 356 g/mol. The third-order valence-corrected chi connectivity index (χ3v) is 4.19. The fourth-order valence-corrected chi connectivity index (χ4v) is 2.92. The van der Waals surface area contributed by atoms with Gasteiger partial charge in [0.1, 0.15) is 12.6 Å². The highest BCUT2D eigenvalue weighted by atomic mass is 79.9. The van der Waals surface area contributed by atoms with E-state index in [-0.39, 0.29) is 23.9 Å². The van der Waals surface area contributed by atoms with Gasteiger partial charge >= 0.3 is 5.97 Å².